The molecule has 8 nitrogen and oxygen atoms in total. The van der Waals surface area contributed by atoms with E-state index in [0.717, 1.165) is 58.4 Å². The summed E-state index contributed by atoms with van der Waals surface area (Å²) in [4.78, 5) is 4.49. The van der Waals surface area contributed by atoms with Gasteiger partial charge in [-0.25, -0.2) is 4.98 Å². The topological polar surface area (TPSA) is 106 Å². The molecule has 0 saturated carbocycles. The van der Waals surface area contributed by atoms with Gasteiger partial charge in [-0.2, -0.15) is 5.21 Å². The van der Waals surface area contributed by atoms with Gasteiger partial charge < -0.3 is 9.52 Å². The number of aliphatic hydroxyl groups is 1. The number of hydrogen-bond acceptors (Lipinski definition) is 6. The lowest BCUT2D eigenvalue weighted by Crippen LogP contribution is -2.05. The summed E-state index contributed by atoms with van der Waals surface area (Å²) in [5.41, 5.74) is 4.91. The van der Waals surface area contributed by atoms with Crippen LogP contribution in [-0.4, -0.2) is 35.3 Å². The molecule has 5 rings (SSSR count). The number of nitrogens with zero attached hydrogens (tertiary/aromatic N) is 5. The number of hydrogen-bond donors (Lipinski definition) is 2. The number of tetrazole rings is 1. The van der Waals surface area contributed by atoms with Crippen LogP contribution in [0.4, 0.5) is 0 Å². The molecule has 2 aromatic carbocycles. The van der Waals surface area contributed by atoms with E-state index in [1.165, 1.54) is 0 Å². The number of nitrogens with one attached hydrogen (secondary N) is 1. The van der Waals surface area contributed by atoms with Gasteiger partial charge in [-0.05, 0) is 34.9 Å². The van der Waals surface area contributed by atoms with Gasteiger partial charge in [0.15, 0.2) is 5.15 Å². The van der Waals surface area contributed by atoms with Crippen molar-refractivity contribution < 1.29 is 9.52 Å². The lowest BCUT2D eigenvalue weighted by atomic mass is 9.98. The summed E-state index contributed by atoms with van der Waals surface area (Å²) in [5.74, 6) is 1.34. The molecule has 0 radical (unpaired) electrons. The number of fused-ring (bicyclic) bond motifs is 1. The number of imidazole rings is 1. The molecular formula is C23H21ClN6O2. The summed E-state index contributed by atoms with van der Waals surface area (Å²) in [6.07, 6.45) is 4.46. The van der Waals surface area contributed by atoms with E-state index < -0.39 is 0 Å². The molecule has 0 amide bonds. The predicted molar refractivity (Wildman–Crippen MR) is 121 cm³/mol. The SMILES string of the molecule is CCCCc1nc(Cl)c(CO)n1-c1coc2cc(-c3ccccc3-c3nn[nH]n3)ccc12. The average Bonchev–Trinajstić information content (AvgIpc) is 3.55. The summed E-state index contributed by atoms with van der Waals surface area (Å²) in [7, 11) is 0. The van der Waals surface area contributed by atoms with Crippen LogP contribution in [0.1, 0.15) is 31.3 Å². The largest absolute Gasteiger partial charge is 0.462 e. The van der Waals surface area contributed by atoms with E-state index in [1.807, 2.05) is 47.0 Å². The number of aromatic amines is 1. The highest BCUT2D eigenvalue weighted by Crippen LogP contribution is 2.35. The van der Waals surface area contributed by atoms with Gasteiger partial charge in [0, 0.05) is 17.4 Å². The van der Waals surface area contributed by atoms with Crippen LogP contribution < -0.4 is 0 Å². The molecule has 0 saturated heterocycles. The summed E-state index contributed by atoms with van der Waals surface area (Å²) in [6, 6.07) is 13.9. The van der Waals surface area contributed by atoms with Crippen molar-refractivity contribution in [3.8, 4) is 28.2 Å². The van der Waals surface area contributed by atoms with Gasteiger partial charge in [-0.15, -0.1) is 10.2 Å². The zero-order chi connectivity index (χ0) is 22.1. The molecule has 0 fully saturated rings. The van der Waals surface area contributed by atoms with Crippen LogP contribution in [0.15, 0.2) is 53.1 Å². The Labute approximate surface area is 188 Å². The van der Waals surface area contributed by atoms with Crippen molar-refractivity contribution >= 4 is 22.6 Å². The van der Waals surface area contributed by atoms with Gasteiger partial charge in [-0.3, -0.25) is 4.57 Å². The molecule has 0 aliphatic rings. The van der Waals surface area contributed by atoms with Crippen LogP contribution in [0.2, 0.25) is 5.15 Å². The zero-order valence-electron chi connectivity index (χ0n) is 17.4. The monoisotopic (exact) mass is 448 g/mol. The third-order valence-corrected chi connectivity index (χ3v) is 5.82. The standard InChI is InChI=1S/C23H21ClN6O2/c1-2-3-8-21-25-22(24)18(12-31)30(21)19-13-32-20-11-14(9-10-17(19)20)15-6-4-5-7-16(15)23-26-28-29-27-23/h4-7,9-11,13,31H,2-3,8,12H2,1H3,(H,26,27,28,29). The van der Waals surface area contributed by atoms with Crippen molar-refractivity contribution in [1.29, 1.82) is 0 Å². The van der Waals surface area contributed by atoms with Crippen LogP contribution in [-0.2, 0) is 13.0 Å². The summed E-state index contributed by atoms with van der Waals surface area (Å²) >= 11 is 6.33. The van der Waals surface area contributed by atoms with Crippen molar-refractivity contribution in [2.45, 2.75) is 32.8 Å². The lowest BCUT2D eigenvalue weighted by molar-refractivity contribution is 0.274. The number of aryl methyl sites for hydroxylation is 1. The first-order valence-corrected chi connectivity index (χ1v) is 10.8. The minimum Gasteiger partial charge on any atom is -0.462 e. The molecule has 0 unspecified atom stereocenters. The predicted octanol–water partition coefficient (Wildman–Crippen LogP) is 4.95. The lowest BCUT2D eigenvalue weighted by Gasteiger charge is -2.10. The van der Waals surface area contributed by atoms with Crippen LogP contribution in [0.25, 0.3) is 39.2 Å². The first-order chi connectivity index (χ1) is 15.7. The third kappa shape index (κ3) is 3.47. The van der Waals surface area contributed by atoms with Crippen molar-refractivity contribution in [2.75, 3.05) is 0 Å². The Hall–Kier alpha value is -3.49. The number of furan rings is 1. The van der Waals surface area contributed by atoms with Gasteiger partial charge >= 0.3 is 0 Å². The number of H-pyrrole nitrogens is 1. The number of rotatable bonds is 7. The van der Waals surface area contributed by atoms with Crippen LogP contribution in [0, 0.1) is 0 Å². The second-order valence-electron chi connectivity index (χ2n) is 7.48. The van der Waals surface area contributed by atoms with Crippen LogP contribution in [0.3, 0.4) is 0 Å². The fourth-order valence-corrected chi connectivity index (χ4v) is 4.20. The molecule has 9 heteroatoms. The van der Waals surface area contributed by atoms with Gasteiger partial charge in [0.2, 0.25) is 5.82 Å². The normalized spacial score (nSPS) is 11.5. The van der Waals surface area contributed by atoms with Gasteiger partial charge in [-0.1, -0.05) is 55.3 Å². The first-order valence-electron chi connectivity index (χ1n) is 10.4. The summed E-state index contributed by atoms with van der Waals surface area (Å²) in [5, 5.41) is 25.6. The van der Waals surface area contributed by atoms with E-state index in [4.69, 9.17) is 16.0 Å². The summed E-state index contributed by atoms with van der Waals surface area (Å²) in [6.45, 7) is 1.92. The average molecular weight is 449 g/mol. The van der Waals surface area contributed by atoms with Gasteiger partial charge in [0.1, 0.15) is 17.7 Å². The molecule has 5 aromatic rings. The molecular weight excluding hydrogens is 428 g/mol. The molecule has 0 aliphatic heterocycles. The highest BCUT2D eigenvalue weighted by Gasteiger charge is 2.20. The van der Waals surface area contributed by atoms with Crippen molar-refractivity contribution in [3.05, 3.63) is 65.4 Å². The Morgan fingerprint density at radius 2 is 2.00 bits per heavy atom. The first kappa shape index (κ1) is 20.4. The number of benzene rings is 2. The highest BCUT2D eigenvalue weighted by atomic mass is 35.5. The molecule has 2 N–H and O–H groups in total. The number of aromatic nitrogens is 6. The number of halogens is 1. The molecule has 0 aliphatic carbocycles. The maximum absolute atomic E-state index is 9.93. The smallest absolute Gasteiger partial charge is 0.205 e. The van der Waals surface area contributed by atoms with Crippen molar-refractivity contribution in [2.24, 2.45) is 0 Å². The Kier molecular flexibility index (Phi) is 5.46. The maximum Gasteiger partial charge on any atom is 0.205 e. The second-order valence-corrected chi connectivity index (χ2v) is 7.83. The van der Waals surface area contributed by atoms with E-state index in [-0.39, 0.29) is 6.61 Å². The fraction of sp³-hybridized carbons (Fsp3) is 0.217. The molecule has 3 heterocycles. The molecule has 0 spiro atoms. The van der Waals surface area contributed by atoms with E-state index in [0.29, 0.717) is 16.7 Å². The molecule has 0 atom stereocenters. The number of aliphatic hydroxyl groups excluding tert-OH is 1. The maximum atomic E-state index is 9.93. The molecule has 162 valence electrons. The molecule has 32 heavy (non-hydrogen) atoms. The van der Waals surface area contributed by atoms with E-state index in [2.05, 4.69) is 32.5 Å². The molecule has 0 bridgehead atoms. The van der Waals surface area contributed by atoms with E-state index in [9.17, 15) is 5.11 Å². The zero-order valence-corrected chi connectivity index (χ0v) is 18.2. The Morgan fingerprint density at radius 1 is 1.16 bits per heavy atom. The van der Waals surface area contributed by atoms with E-state index in [1.54, 1.807) is 6.26 Å². The highest BCUT2D eigenvalue weighted by molar-refractivity contribution is 6.30. The van der Waals surface area contributed by atoms with E-state index >= 15 is 0 Å². The fourth-order valence-electron chi connectivity index (χ4n) is 3.96. The van der Waals surface area contributed by atoms with Crippen molar-refractivity contribution in [1.82, 2.24) is 30.2 Å². The Bertz CT molecular complexity index is 1370. The Balaban J connectivity index is 1.62. The van der Waals surface area contributed by atoms with Crippen LogP contribution >= 0.6 is 11.6 Å². The Morgan fingerprint density at radius 3 is 2.75 bits per heavy atom. The van der Waals surface area contributed by atoms with Crippen LogP contribution in [0.5, 0.6) is 0 Å². The van der Waals surface area contributed by atoms with Gasteiger partial charge in [0.05, 0.1) is 18.0 Å². The molecule has 3 aromatic heterocycles. The minimum atomic E-state index is -0.208. The van der Waals surface area contributed by atoms with Crippen molar-refractivity contribution in [3.63, 3.8) is 0 Å². The minimum absolute atomic E-state index is 0.208. The quantitative estimate of drug-likeness (QED) is 0.364. The third-order valence-electron chi connectivity index (χ3n) is 5.52. The second kappa shape index (κ2) is 8.57. The van der Waals surface area contributed by atoms with Gasteiger partial charge in [0.25, 0.3) is 0 Å². The summed E-state index contributed by atoms with van der Waals surface area (Å²) < 4.78 is 7.85. The number of unbranched alkanes of at least 4 members (excludes halogenated alkanes) is 1.